The Morgan fingerprint density at radius 2 is 1.67 bits per heavy atom. The minimum Gasteiger partial charge on any atom is -0.340 e. The molecule has 0 fully saturated rings. The SMILES string of the molecule is Cc1cccc(-c2cc(Nc3cccc(C(=O)Nc4cccc(F)c4)c3)ncn2)c1. The van der Waals surface area contributed by atoms with Crippen LogP contribution in [0.3, 0.4) is 0 Å². The Morgan fingerprint density at radius 3 is 2.50 bits per heavy atom. The van der Waals surface area contributed by atoms with Gasteiger partial charge in [0.1, 0.15) is 18.0 Å². The Labute approximate surface area is 173 Å². The molecule has 4 rings (SSSR count). The van der Waals surface area contributed by atoms with Gasteiger partial charge in [0.25, 0.3) is 5.91 Å². The number of aryl methyl sites for hydroxylation is 1. The van der Waals surface area contributed by atoms with Gasteiger partial charge in [-0.3, -0.25) is 4.79 Å². The van der Waals surface area contributed by atoms with Crippen LogP contribution < -0.4 is 10.6 Å². The molecule has 0 radical (unpaired) electrons. The number of halogens is 1. The van der Waals surface area contributed by atoms with Gasteiger partial charge in [-0.2, -0.15) is 0 Å². The Balaban J connectivity index is 1.52. The lowest BCUT2D eigenvalue weighted by Gasteiger charge is -2.10. The van der Waals surface area contributed by atoms with E-state index in [9.17, 15) is 9.18 Å². The Morgan fingerprint density at radius 1 is 0.867 bits per heavy atom. The molecule has 0 aliphatic carbocycles. The van der Waals surface area contributed by atoms with E-state index in [2.05, 4.69) is 26.7 Å². The predicted octanol–water partition coefficient (Wildman–Crippen LogP) is 5.59. The second kappa shape index (κ2) is 8.53. The van der Waals surface area contributed by atoms with E-state index in [1.165, 1.54) is 18.5 Å². The maximum absolute atomic E-state index is 13.3. The normalized spacial score (nSPS) is 10.5. The van der Waals surface area contributed by atoms with Crippen LogP contribution in [0.15, 0.2) is 85.2 Å². The van der Waals surface area contributed by atoms with Crippen LogP contribution in [0, 0.1) is 12.7 Å². The molecule has 6 heteroatoms. The van der Waals surface area contributed by atoms with Crippen molar-refractivity contribution in [3.05, 3.63) is 102 Å². The van der Waals surface area contributed by atoms with Crippen molar-refractivity contribution >= 4 is 23.1 Å². The number of nitrogens with zero attached hydrogens (tertiary/aromatic N) is 2. The Kier molecular flexibility index (Phi) is 5.48. The monoisotopic (exact) mass is 398 g/mol. The van der Waals surface area contributed by atoms with Crippen molar-refractivity contribution in [1.82, 2.24) is 9.97 Å². The average molecular weight is 398 g/mol. The van der Waals surface area contributed by atoms with Gasteiger partial charge in [0.2, 0.25) is 0 Å². The summed E-state index contributed by atoms with van der Waals surface area (Å²) >= 11 is 0. The third kappa shape index (κ3) is 4.67. The molecular weight excluding hydrogens is 379 g/mol. The largest absolute Gasteiger partial charge is 0.340 e. The number of benzene rings is 3. The van der Waals surface area contributed by atoms with E-state index in [1.807, 2.05) is 37.3 Å². The van der Waals surface area contributed by atoms with Crippen molar-refractivity contribution in [3.8, 4) is 11.3 Å². The van der Waals surface area contributed by atoms with Gasteiger partial charge in [-0.15, -0.1) is 0 Å². The third-order valence-corrected chi connectivity index (χ3v) is 4.46. The number of hydrogen-bond acceptors (Lipinski definition) is 4. The van der Waals surface area contributed by atoms with Crippen LogP contribution in [0.5, 0.6) is 0 Å². The quantitative estimate of drug-likeness (QED) is 0.460. The van der Waals surface area contributed by atoms with Crippen LogP contribution in [0.25, 0.3) is 11.3 Å². The minimum absolute atomic E-state index is 0.326. The van der Waals surface area contributed by atoms with Gasteiger partial charge in [0.05, 0.1) is 5.69 Å². The average Bonchev–Trinajstić information content (AvgIpc) is 2.74. The predicted molar refractivity (Wildman–Crippen MR) is 116 cm³/mol. The standard InChI is InChI=1S/C24H19FN4O/c1-16-5-2-6-17(11-16)22-14-23(27-15-26-22)28-20-9-3-7-18(12-20)24(30)29-21-10-4-8-19(25)13-21/h2-15H,1H3,(H,29,30)(H,26,27,28). The zero-order valence-corrected chi connectivity index (χ0v) is 16.3. The molecule has 30 heavy (non-hydrogen) atoms. The van der Waals surface area contributed by atoms with Crippen LogP contribution in [0.2, 0.25) is 0 Å². The highest BCUT2D eigenvalue weighted by Gasteiger charge is 2.09. The molecule has 1 heterocycles. The number of hydrogen-bond donors (Lipinski definition) is 2. The number of carbonyl (C=O) groups is 1. The van der Waals surface area contributed by atoms with Crippen LogP contribution in [0.1, 0.15) is 15.9 Å². The molecule has 5 nitrogen and oxygen atoms in total. The first-order valence-electron chi connectivity index (χ1n) is 9.40. The van der Waals surface area contributed by atoms with Crippen molar-refractivity contribution in [2.45, 2.75) is 6.92 Å². The highest BCUT2D eigenvalue weighted by atomic mass is 19.1. The van der Waals surface area contributed by atoms with Crippen molar-refractivity contribution in [2.75, 3.05) is 10.6 Å². The fraction of sp³-hybridized carbons (Fsp3) is 0.0417. The second-order valence-electron chi connectivity index (χ2n) is 6.83. The van der Waals surface area contributed by atoms with Gasteiger partial charge in [-0.25, -0.2) is 14.4 Å². The first kappa shape index (κ1) is 19.3. The van der Waals surface area contributed by atoms with Gasteiger partial charge in [0, 0.05) is 28.6 Å². The summed E-state index contributed by atoms with van der Waals surface area (Å²) in [5.41, 5.74) is 4.50. The Bertz CT molecular complexity index is 1210. The van der Waals surface area contributed by atoms with E-state index in [4.69, 9.17) is 0 Å². The third-order valence-electron chi connectivity index (χ3n) is 4.46. The number of amides is 1. The maximum Gasteiger partial charge on any atom is 0.255 e. The minimum atomic E-state index is -0.406. The summed E-state index contributed by atoms with van der Waals surface area (Å²) in [5.74, 6) is -0.118. The Hall–Kier alpha value is -4.06. The van der Waals surface area contributed by atoms with Gasteiger partial charge in [-0.05, 0) is 49.4 Å². The highest BCUT2D eigenvalue weighted by molar-refractivity contribution is 6.04. The summed E-state index contributed by atoms with van der Waals surface area (Å²) in [7, 11) is 0. The summed E-state index contributed by atoms with van der Waals surface area (Å²) in [6.07, 6.45) is 1.50. The molecule has 0 unspecified atom stereocenters. The van der Waals surface area contributed by atoms with Crippen molar-refractivity contribution < 1.29 is 9.18 Å². The molecule has 0 spiro atoms. The number of aromatic nitrogens is 2. The molecule has 0 bridgehead atoms. The summed E-state index contributed by atoms with van der Waals surface area (Å²) in [6.45, 7) is 2.03. The molecule has 0 atom stereocenters. The summed E-state index contributed by atoms with van der Waals surface area (Å²) in [4.78, 5) is 21.1. The molecule has 0 aliphatic heterocycles. The van der Waals surface area contributed by atoms with E-state index < -0.39 is 5.82 Å². The highest BCUT2D eigenvalue weighted by Crippen LogP contribution is 2.22. The van der Waals surface area contributed by atoms with Crippen molar-refractivity contribution in [1.29, 1.82) is 0 Å². The second-order valence-corrected chi connectivity index (χ2v) is 6.83. The van der Waals surface area contributed by atoms with E-state index in [1.54, 1.807) is 30.3 Å². The van der Waals surface area contributed by atoms with Crippen molar-refractivity contribution in [2.24, 2.45) is 0 Å². The van der Waals surface area contributed by atoms with E-state index >= 15 is 0 Å². The lowest BCUT2D eigenvalue weighted by atomic mass is 10.1. The molecule has 0 saturated carbocycles. The number of anilines is 3. The lowest BCUT2D eigenvalue weighted by molar-refractivity contribution is 0.102. The van der Waals surface area contributed by atoms with Crippen LogP contribution in [-0.4, -0.2) is 15.9 Å². The van der Waals surface area contributed by atoms with Crippen molar-refractivity contribution in [3.63, 3.8) is 0 Å². The van der Waals surface area contributed by atoms with Crippen LogP contribution >= 0.6 is 0 Å². The summed E-state index contributed by atoms with van der Waals surface area (Å²) < 4.78 is 13.3. The van der Waals surface area contributed by atoms with E-state index in [0.29, 0.717) is 22.8 Å². The number of nitrogens with one attached hydrogen (secondary N) is 2. The summed E-state index contributed by atoms with van der Waals surface area (Å²) in [5, 5.41) is 5.90. The number of carbonyl (C=O) groups excluding carboxylic acids is 1. The summed E-state index contributed by atoms with van der Waals surface area (Å²) in [6, 6.07) is 22.7. The maximum atomic E-state index is 13.3. The molecule has 3 aromatic carbocycles. The van der Waals surface area contributed by atoms with Crippen LogP contribution in [0.4, 0.5) is 21.6 Å². The molecule has 148 valence electrons. The zero-order valence-electron chi connectivity index (χ0n) is 16.3. The molecule has 0 saturated heterocycles. The molecular formula is C24H19FN4O. The van der Waals surface area contributed by atoms with Gasteiger partial charge < -0.3 is 10.6 Å². The van der Waals surface area contributed by atoms with E-state index in [-0.39, 0.29) is 5.91 Å². The fourth-order valence-corrected chi connectivity index (χ4v) is 3.04. The zero-order chi connectivity index (χ0) is 20.9. The molecule has 4 aromatic rings. The molecule has 1 aromatic heterocycles. The van der Waals surface area contributed by atoms with E-state index in [0.717, 1.165) is 16.8 Å². The van der Waals surface area contributed by atoms with Gasteiger partial charge >= 0.3 is 0 Å². The molecule has 1 amide bonds. The van der Waals surface area contributed by atoms with Gasteiger partial charge in [-0.1, -0.05) is 35.9 Å². The fourth-order valence-electron chi connectivity index (χ4n) is 3.04. The topological polar surface area (TPSA) is 66.9 Å². The lowest BCUT2D eigenvalue weighted by Crippen LogP contribution is -2.12. The first-order valence-corrected chi connectivity index (χ1v) is 9.40. The molecule has 2 N–H and O–H groups in total. The number of rotatable bonds is 5. The first-order chi connectivity index (χ1) is 14.6. The molecule has 0 aliphatic rings. The van der Waals surface area contributed by atoms with Gasteiger partial charge in [0.15, 0.2) is 0 Å². The smallest absolute Gasteiger partial charge is 0.255 e. The van der Waals surface area contributed by atoms with Crippen LogP contribution in [-0.2, 0) is 0 Å².